The lowest BCUT2D eigenvalue weighted by Gasteiger charge is -2.14. The minimum absolute atomic E-state index is 0.293. The Labute approximate surface area is 157 Å². The Morgan fingerprint density at radius 1 is 1.19 bits per heavy atom. The van der Waals surface area contributed by atoms with Crippen molar-refractivity contribution >= 4 is 33.5 Å². The van der Waals surface area contributed by atoms with Crippen LogP contribution in [-0.2, 0) is 9.53 Å². The van der Waals surface area contributed by atoms with Crippen molar-refractivity contribution < 1.29 is 14.3 Å². The van der Waals surface area contributed by atoms with Gasteiger partial charge in [-0.05, 0) is 59.8 Å². The highest BCUT2D eigenvalue weighted by Gasteiger charge is 2.19. The molecule has 1 unspecified atom stereocenters. The summed E-state index contributed by atoms with van der Waals surface area (Å²) in [6.45, 7) is 1.51. The average Bonchev–Trinajstić information content (AvgIpc) is 3.18. The van der Waals surface area contributed by atoms with E-state index in [9.17, 15) is 9.59 Å². The zero-order valence-corrected chi connectivity index (χ0v) is 15.3. The van der Waals surface area contributed by atoms with Crippen LogP contribution in [-0.4, -0.2) is 38.2 Å². The molecule has 0 fully saturated rings. The number of rotatable bonds is 5. The fourth-order valence-electron chi connectivity index (χ4n) is 2.11. The summed E-state index contributed by atoms with van der Waals surface area (Å²) < 4.78 is 7.56. The van der Waals surface area contributed by atoms with Gasteiger partial charge < -0.3 is 10.1 Å². The molecule has 0 aliphatic rings. The number of tetrazole rings is 1. The number of ether oxygens (including phenoxy) is 1. The van der Waals surface area contributed by atoms with E-state index in [0.717, 1.165) is 4.47 Å². The number of carbonyl (C=O) groups is 2. The molecule has 2 aromatic carbocycles. The summed E-state index contributed by atoms with van der Waals surface area (Å²) in [5.74, 6) is -1.03. The molecule has 0 bridgehead atoms. The number of amides is 1. The molecule has 8 nitrogen and oxygen atoms in total. The smallest absolute Gasteiger partial charge is 0.338 e. The molecule has 3 aromatic rings. The lowest BCUT2D eigenvalue weighted by Crippen LogP contribution is -2.30. The quantitative estimate of drug-likeness (QED) is 0.642. The monoisotopic (exact) mass is 415 g/mol. The Morgan fingerprint density at radius 3 is 2.65 bits per heavy atom. The molecule has 0 aliphatic heterocycles. The first kappa shape index (κ1) is 17.7. The molecule has 0 saturated heterocycles. The first-order chi connectivity index (χ1) is 12.5. The summed E-state index contributed by atoms with van der Waals surface area (Å²) >= 11 is 3.32. The van der Waals surface area contributed by atoms with E-state index in [1.54, 1.807) is 48.5 Å². The Morgan fingerprint density at radius 2 is 1.96 bits per heavy atom. The van der Waals surface area contributed by atoms with Gasteiger partial charge in [0.05, 0.1) is 11.3 Å². The van der Waals surface area contributed by atoms with Crippen LogP contribution in [0.1, 0.15) is 17.3 Å². The van der Waals surface area contributed by atoms with Crippen LogP contribution in [0.3, 0.4) is 0 Å². The van der Waals surface area contributed by atoms with Crippen LogP contribution in [0.25, 0.3) is 5.69 Å². The number of nitrogens with zero attached hydrogens (tertiary/aromatic N) is 4. The first-order valence-electron chi connectivity index (χ1n) is 7.64. The van der Waals surface area contributed by atoms with Crippen molar-refractivity contribution in [2.75, 3.05) is 5.32 Å². The minimum Gasteiger partial charge on any atom is -0.449 e. The fraction of sp³-hybridized carbons (Fsp3) is 0.118. The number of hydrogen-bond donors (Lipinski definition) is 1. The molecule has 9 heteroatoms. The predicted molar refractivity (Wildman–Crippen MR) is 96.8 cm³/mol. The summed E-state index contributed by atoms with van der Waals surface area (Å²) in [7, 11) is 0. The third-order valence-electron chi connectivity index (χ3n) is 3.46. The number of halogens is 1. The molecule has 0 aliphatic carbocycles. The third-order valence-corrected chi connectivity index (χ3v) is 3.99. The average molecular weight is 416 g/mol. The molecule has 0 spiro atoms. The molecule has 3 rings (SSSR count). The van der Waals surface area contributed by atoms with Crippen molar-refractivity contribution in [3.63, 3.8) is 0 Å². The van der Waals surface area contributed by atoms with Gasteiger partial charge in [0.25, 0.3) is 5.91 Å². The van der Waals surface area contributed by atoms with Crippen LogP contribution in [0.2, 0.25) is 0 Å². The molecule has 1 N–H and O–H groups in total. The van der Waals surface area contributed by atoms with Crippen LogP contribution in [0.15, 0.2) is 59.3 Å². The molecule has 1 heterocycles. The van der Waals surface area contributed by atoms with Gasteiger partial charge in [0, 0.05) is 10.2 Å². The number of aromatic nitrogens is 4. The topological polar surface area (TPSA) is 99.0 Å². The molecule has 1 atom stereocenters. The third kappa shape index (κ3) is 4.31. The Hall–Kier alpha value is -3.07. The molecule has 26 heavy (non-hydrogen) atoms. The molecule has 0 saturated carbocycles. The highest BCUT2D eigenvalue weighted by atomic mass is 79.9. The maximum Gasteiger partial charge on any atom is 0.338 e. The summed E-state index contributed by atoms with van der Waals surface area (Å²) in [6.07, 6.45) is 0.460. The second kappa shape index (κ2) is 7.87. The number of esters is 1. The number of carbonyl (C=O) groups excluding carboxylic acids is 2. The second-order valence-corrected chi connectivity index (χ2v) is 6.26. The van der Waals surface area contributed by atoms with Crippen molar-refractivity contribution in [3.8, 4) is 5.69 Å². The van der Waals surface area contributed by atoms with Gasteiger partial charge in [0.15, 0.2) is 6.10 Å². The van der Waals surface area contributed by atoms with E-state index >= 15 is 0 Å². The highest BCUT2D eigenvalue weighted by Crippen LogP contribution is 2.15. The SMILES string of the molecule is CC(OC(=O)c1cccc(-n2cnnn2)c1)C(=O)Nc1ccc(Br)cc1. The van der Waals surface area contributed by atoms with E-state index in [1.165, 1.54) is 17.9 Å². The largest absolute Gasteiger partial charge is 0.449 e. The lowest BCUT2D eigenvalue weighted by atomic mass is 10.2. The summed E-state index contributed by atoms with van der Waals surface area (Å²) in [6, 6.07) is 13.7. The standard InChI is InChI=1S/C17H14BrN5O3/c1-11(16(24)20-14-7-5-13(18)6-8-14)26-17(25)12-3-2-4-15(9-12)23-10-19-21-22-23/h2-11H,1H3,(H,20,24). The highest BCUT2D eigenvalue weighted by molar-refractivity contribution is 9.10. The van der Waals surface area contributed by atoms with Crippen LogP contribution in [0.5, 0.6) is 0 Å². The first-order valence-corrected chi connectivity index (χ1v) is 8.43. The van der Waals surface area contributed by atoms with Crippen LogP contribution in [0.4, 0.5) is 5.69 Å². The molecule has 0 radical (unpaired) electrons. The van der Waals surface area contributed by atoms with Crippen LogP contribution in [0, 0.1) is 0 Å². The van der Waals surface area contributed by atoms with E-state index in [1.807, 2.05) is 0 Å². The van der Waals surface area contributed by atoms with Crippen molar-refractivity contribution in [2.45, 2.75) is 13.0 Å². The maximum absolute atomic E-state index is 12.3. The number of anilines is 1. The molecule has 132 valence electrons. The van der Waals surface area contributed by atoms with E-state index in [0.29, 0.717) is 16.9 Å². The van der Waals surface area contributed by atoms with Gasteiger partial charge >= 0.3 is 5.97 Å². The summed E-state index contributed by atoms with van der Waals surface area (Å²) in [5.41, 5.74) is 1.51. The van der Waals surface area contributed by atoms with Crippen molar-refractivity contribution in [3.05, 3.63) is 64.9 Å². The van der Waals surface area contributed by atoms with Gasteiger partial charge in [-0.15, -0.1) is 5.10 Å². The minimum atomic E-state index is -0.956. The van der Waals surface area contributed by atoms with E-state index in [-0.39, 0.29) is 0 Å². The van der Waals surface area contributed by atoms with Gasteiger partial charge in [0.2, 0.25) is 0 Å². The Kier molecular flexibility index (Phi) is 5.37. The zero-order chi connectivity index (χ0) is 18.5. The van der Waals surface area contributed by atoms with E-state index < -0.39 is 18.0 Å². The Balaban J connectivity index is 1.64. The second-order valence-electron chi connectivity index (χ2n) is 5.35. The number of benzene rings is 2. The Bertz CT molecular complexity index is 912. The number of hydrogen-bond acceptors (Lipinski definition) is 6. The maximum atomic E-state index is 12.3. The van der Waals surface area contributed by atoms with Crippen LogP contribution < -0.4 is 5.32 Å². The lowest BCUT2D eigenvalue weighted by molar-refractivity contribution is -0.123. The normalized spacial score (nSPS) is 11.6. The molecular formula is C17H14BrN5O3. The molecular weight excluding hydrogens is 402 g/mol. The van der Waals surface area contributed by atoms with Gasteiger partial charge in [-0.2, -0.15) is 0 Å². The molecule has 1 amide bonds. The zero-order valence-electron chi connectivity index (χ0n) is 13.7. The van der Waals surface area contributed by atoms with Crippen molar-refractivity contribution in [1.29, 1.82) is 0 Å². The van der Waals surface area contributed by atoms with E-state index in [2.05, 4.69) is 36.8 Å². The molecule has 1 aromatic heterocycles. The van der Waals surface area contributed by atoms with Gasteiger partial charge in [-0.1, -0.05) is 22.0 Å². The van der Waals surface area contributed by atoms with Gasteiger partial charge in [-0.25, -0.2) is 9.48 Å². The summed E-state index contributed by atoms with van der Waals surface area (Å²) in [5, 5.41) is 13.6. The fourth-order valence-corrected chi connectivity index (χ4v) is 2.38. The van der Waals surface area contributed by atoms with Crippen LogP contribution >= 0.6 is 15.9 Å². The van der Waals surface area contributed by atoms with Crippen molar-refractivity contribution in [1.82, 2.24) is 20.2 Å². The van der Waals surface area contributed by atoms with Crippen molar-refractivity contribution in [2.24, 2.45) is 0 Å². The van der Waals surface area contributed by atoms with Gasteiger partial charge in [0.1, 0.15) is 6.33 Å². The predicted octanol–water partition coefficient (Wildman–Crippen LogP) is 2.61. The number of nitrogens with one attached hydrogen (secondary N) is 1. The van der Waals surface area contributed by atoms with E-state index in [4.69, 9.17) is 4.74 Å². The van der Waals surface area contributed by atoms with Gasteiger partial charge in [-0.3, -0.25) is 4.79 Å². The summed E-state index contributed by atoms with van der Waals surface area (Å²) in [4.78, 5) is 24.5.